The number of morpholine rings is 1. The van der Waals surface area contributed by atoms with Crippen LogP contribution in [0.5, 0.6) is 0 Å². The number of nitrogens with zero attached hydrogens (tertiary/aromatic N) is 3. The monoisotopic (exact) mass is 334 g/mol. The van der Waals surface area contributed by atoms with Crippen LogP contribution in [0.25, 0.3) is 0 Å². The number of anilines is 1. The van der Waals surface area contributed by atoms with Crippen molar-refractivity contribution in [2.24, 2.45) is 0 Å². The normalized spacial score (nSPS) is 20.8. The molecule has 7 heteroatoms. The lowest BCUT2D eigenvalue weighted by Crippen LogP contribution is -2.42. The molecule has 1 atom stereocenters. The smallest absolute Gasteiger partial charge is 0.317 e. The highest BCUT2D eigenvalue weighted by Gasteiger charge is 2.31. The third-order valence-corrected chi connectivity index (χ3v) is 4.41. The largest absolute Gasteiger partial charge is 0.395 e. The highest BCUT2D eigenvalue weighted by atomic mass is 16.5. The Kier molecular flexibility index (Phi) is 5.52. The van der Waals surface area contributed by atoms with Gasteiger partial charge in [0.1, 0.15) is 5.82 Å². The van der Waals surface area contributed by atoms with E-state index in [1.54, 1.807) is 4.90 Å². The number of aromatic nitrogens is 1. The van der Waals surface area contributed by atoms with E-state index in [0.717, 1.165) is 43.9 Å². The summed E-state index contributed by atoms with van der Waals surface area (Å²) in [6.45, 7) is 5.32. The van der Waals surface area contributed by atoms with Gasteiger partial charge in [-0.1, -0.05) is 6.07 Å². The maximum atomic E-state index is 12.2. The van der Waals surface area contributed by atoms with E-state index in [1.807, 2.05) is 18.3 Å². The Balaban J connectivity index is 1.51. The van der Waals surface area contributed by atoms with Crippen molar-refractivity contribution in [3.05, 3.63) is 23.9 Å². The quantitative estimate of drug-likeness (QED) is 0.811. The molecule has 1 aromatic heterocycles. The predicted octanol–water partition coefficient (Wildman–Crippen LogP) is 0.973. The molecule has 2 fully saturated rings. The summed E-state index contributed by atoms with van der Waals surface area (Å²) in [5, 5.41) is 12.0. The molecular formula is C17H26N4O3. The number of nitrogens with one attached hydrogen (secondary N) is 1. The van der Waals surface area contributed by atoms with Crippen LogP contribution in [-0.4, -0.2) is 66.0 Å². The fraction of sp³-hybridized carbons (Fsp3) is 0.647. The Morgan fingerprint density at radius 2 is 2.33 bits per heavy atom. The number of carbonyl (C=O) groups excluding carboxylic acids is 1. The number of amides is 2. The molecule has 24 heavy (non-hydrogen) atoms. The van der Waals surface area contributed by atoms with Crippen molar-refractivity contribution in [3.63, 3.8) is 0 Å². The SMILES string of the molecule is CC1CN(c2ccc(CNC(=O)N(CCO)C3CC3)cn2)CCO1. The van der Waals surface area contributed by atoms with Gasteiger partial charge < -0.3 is 25.0 Å². The van der Waals surface area contributed by atoms with E-state index in [9.17, 15) is 4.79 Å². The Bertz CT molecular complexity index is 547. The first-order valence-corrected chi connectivity index (χ1v) is 8.64. The van der Waals surface area contributed by atoms with E-state index in [2.05, 4.69) is 22.1 Å². The highest BCUT2D eigenvalue weighted by molar-refractivity contribution is 5.74. The molecule has 1 aromatic rings. The maximum absolute atomic E-state index is 12.2. The standard InChI is InChI=1S/C17H26N4O3/c1-13-12-20(7-9-24-13)16-5-2-14(10-18-16)11-19-17(23)21(6-8-22)15-3-4-15/h2,5,10,13,15,22H,3-4,6-9,11-12H2,1H3,(H,19,23). The zero-order valence-electron chi connectivity index (χ0n) is 14.1. The van der Waals surface area contributed by atoms with Crippen LogP contribution in [0.2, 0.25) is 0 Å². The summed E-state index contributed by atoms with van der Waals surface area (Å²) in [5.74, 6) is 0.945. The van der Waals surface area contributed by atoms with Gasteiger partial charge in [-0.15, -0.1) is 0 Å². The van der Waals surface area contributed by atoms with E-state index in [4.69, 9.17) is 9.84 Å². The first-order chi connectivity index (χ1) is 11.7. The second-order valence-electron chi connectivity index (χ2n) is 6.46. The Labute approximate surface area is 142 Å². The molecule has 1 saturated heterocycles. The van der Waals surface area contributed by atoms with E-state index in [0.29, 0.717) is 19.1 Å². The number of ether oxygens (including phenoxy) is 1. The minimum Gasteiger partial charge on any atom is -0.395 e. The lowest BCUT2D eigenvalue weighted by Gasteiger charge is -2.32. The Hall–Kier alpha value is -1.86. The molecular weight excluding hydrogens is 308 g/mol. The van der Waals surface area contributed by atoms with Gasteiger partial charge in [-0.2, -0.15) is 0 Å². The number of rotatable bonds is 6. The van der Waals surface area contributed by atoms with Crippen LogP contribution < -0.4 is 10.2 Å². The van der Waals surface area contributed by atoms with E-state index in [-0.39, 0.29) is 18.7 Å². The molecule has 2 heterocycles. The fourth-order valence-electron chi connectivity index (χ4n) is 2.96. The Morgan fingerprint density at radius 1 is 1.50 bits per heavy atom. The minimum absolute atomic E-state index is 0.00184. The molecule has 1 aliphatic carbocycles. The van der Waals surface area contributed by atoms with Crippen molar-refractivity contribution < 1.29 is 14.6 Å². The van der Waals surface area contributed by atoms with Gasteiger partial charge in [0.05, 0.1) is 19.3 Å². The summed E-state index contributed by atoms with van der Waals surface area (Å²) >= 11 is 0. The van der Waals surface area contributed by atoms with Crippen molar-refractivity contribution in [2.45, 2.75) is 38.5 Å². The number of carbonyl (C=O) groups is 1. The molecule has 132 valence electrons. The molecule has 0 spiro atoms. The van der Waals surface area contributed by atoms with Crippen molar-refractivity contribution in [1.29, 1.82) is 0 Å². The van der Waals surface area contributed by atoms with Gasteiger partial charge in [0.25, 0.3) is 0 Å². The summed E-state index contributed by atoms with van der Waals surface area (Å²) in [6, 6.07) is 4.17. The van der Waals surface area contributed by atoms with Gasteiger partial charge in [0.15, 0.2) is 0 Å². The topological polar surface area (TPSA) is 77.9 Å². The lowest BCUT2D eigenvalue weighted by molar-refractivity contribution is 0.0529. The molecule has 0 radical (unpaired) electrons. The molecule has 2 amide bonds. The zero-order chi connectivity index (χ0) is 16.9. The summed E-state index contributed by atoms with van der Waals surface area (Å²) in [4.78, 5) is 20.6. The second-order valence-corrected chi connectivity index (χ2v) is 6.46. The van der Waals surface area contributed by atoms with Crippen LogP contribution in [0.1, 0.15) is 25.3 Å². The van der Waals surface area contributed by atoms with Crippen molar-refractivity contribution in [3.8, 4) is 0 Å². The third-order valence-electron chi connectivity index (χ3n) is 4.41. The van der Waals surface area contributed by atoms with Crippen molar-refractivity contribution in [2.75, 3.05) is 37.7 Å². The molecule has 0 bridgehead atoms. The predicted molar refractivity (Wildman–Crippen MR) is 90.9 cm³/mol. The maximum Gasteiger partial charge on any atom is 0.317 e. The molecule has 2 aliphatic rings. The number of aliphatic hydroxyl groups is 1. The van der Waals surface area contributed by atoms with Gasteiger partial charge >= 0.3 is 6.03 Å². The molecule has 1 saturated carbocycles. The lowest BCUT2D eigenvalue weighted by atomic mass is 10.2. The molecule has 3 rings (SSSR count). The summed E-state index contributed by atoms with van der Waals surface area (Å²) in [5.41, 5.74) is 0.966. The Morgan fingerprint density at radius 3 is 2.96 bits per heavy atom. The van der Waals surface area contributed by atoms with Crippen LogP contribution in [0.3, 0.4) is 0 Å². The molecule has 2 N–H and O–H groups in total. The highest BCUT2D eigenvalue weighted by Crippen LogP contribution is 2.26. The number of hydrogen-bond acceptors (Lipinski definition) is 5. The number of aliphatic hydroxyl groups excluding tert-OH is 1. The molecule has 0 aromatic carbocycles. The molecule has 1 unspecified atom stereocenters. The van der Waals surface area contributed by atoms with Crippen LogP contribution in [0, 0.1) is 0 Å². The van der Waals surface area contributed by atoms with Gasteiger partial charge in [0, 0.05) is 38.4 Å². The van der Waals surface area contributed by atoms with Gasteiger partial charge in [0.2, 0.25) is 0 Å². The average molecular weight is 334 g/mol. The number of hydrogen-bond donors (Lipinski definition) is 2. The van der Waals surface area contributed by atoms with Crippen LogP contribution in [0.4, 0.5) is 10.6 Å². The van der Waals surface area contributed by atoms with E-state index in [1.165, 1.54) is 0 Å². The third kappa shape index (κ3) is 4.36. The first kappa shape index (κ1) is 17.0. The summed E-state index contributed by atoms with van der Waals surface area (Å²) in [7, 11) is 0. The molecule has 1 aliphatic heterocycles. The zero-order valence-corrected chi connectivity index (χ0v) is 14.1. The van der Waals surface area contributed by atoms with E-state index < -0.39 is 0 Å². The van der Waals surface area contributed by atoms with E-state index >= 15 is 0 Å². The second kappa shape index (κ2) is 7.81. The fourth-order valence-corrected chi connectivity index (χ4v) is 2.96. The first-order valence-electron chi connectivity index (χ1n) is 8.64. The number of pyridine rings is 1. The van der Waals surface area contributed by atoms with Crippen molar-refractivity contribution in [1.82, 2.24) is 15.2 Å². The number of urea groups is 1. The summed E-state index contributed by atoms with van der Waals surface area (Å²) in [6.07, 6.45) is 4.09. The van der Waals surface area contributed by atoms with Gasteiger partial charge in [-0.3, -0.25) is 0 Å². The average Bonchev–Trinajstić information content (AvgIpc) is 3.43. The molecule has 7 nitrogen and oxygen atoms in total. The minimum atomic E-state index is -0.113. The van der Waals surface area contributed by atoms with Gasteiger partial charge in [-0.05, 0) is 31.4 Å². The van der Waals surface area contributed by atoms with Crippen LogP contribution in [-0.2, 0) is 11.3 Å². The van der Waals surface area contributed by atoms with Crippen molar-refractivity contribution >= 4 is 11.8 Å². The van der Waals surface area contributed by atoms with Crippen LogP contribution >= 0.6 is 0 Å². The van der Waals surface area contributed by atoms with Gasteiger partial charge in [-0.25, -0.2) is 9.78 Å². The summed E-state index contributed by atoms with van der Waals surface area (Å²) < 4.78 is 5.55. The van der Waals surface area contributed by atoms with Crippen LogP contribution in [0.15, 0.2) is 18.3 Å².